The predicted molar refractivity (Wildman–Crippen MR) is 38.9 cm³/mol. The predicted octanol–water partition coefficient (Wildman–Crippen LogP) is 1.01. The number of hydrogen-bond acceptors (Lipinski definition) is 2. The van der Waals surface area contributed by atoms with Crippen molar-refractivity contribution in [2.24, 2.45) is 5.73 Å². The monoisotopic (exact) mass is 129 g/mol. The standard InChI is InChI=1S/C7H15NO/c1-2-4-7(8)5-3-6-9/h4,9H,2-3,5-6,8H2,1H3. The van der Waals surface area contributed by atoms with Crippen molar-refractivity contribution >= 4 is 0 Å². The van der Waals surface area contributed by atoms with Crippen LogP contribution in [0.5, 0.6) is 0 Å². The minimum absolute atomic E-state index is 0.234. The lowest BCUT2D eigenvalue weighted by Crippen LogP contribution is -1.97. The van der Waals surface area contributed by atoms with Gasteiger partial charge in [0.2, 0.25) is 0 Å². The van der Waals surface area contributed by atoms with Crippen LogP contribution >= 0.6 is 0 Å². The Morgan fingerprint density at radius 1 is 1.67 bits per heavy atom. The molecule has 9 heavy (non-hydrogen) atoms. The molecule has 0 fully saturated rings. The number of rotatable bonds is 4. The second kappa shape index (κ2) is 5.63. The van der Waals surface area contributed by atoms with Gasteiger partial charge in [-0.1, -0.05) is 13.0 Å². The Balaban J connectivity index is 3.25. The van der Waals surface area contributed by atoms with Gasteiger partial charge in [0, 0.05) is 12.3 Å². The van der Waals surface area contributed by atoms with Crippen LogP contribution in [0.3, 0.4) is 0 Å². The second-order valence-corrected chi connectivity index (χ2v) is 2.01. The summed E-state index contributed by atoms with van der Waals surface area (Å²) in [6.07, 6.45) is 4.57. The lowest BCUT2D eigenvalue weighted by atomic mass is 10.2. The molecule has 0 radical (unpaired) electrons. The summed E-state index contributed by atoms with van der Waals surface area (Å²) in [4.78, 5) is 0. The molecule has 54 valence electrons. The maximum atomic E-state index is 8.40. The highest BCUT2D eigenvalue weighted by molar-refractivity contribution is 4.94. The van der Waals surface area contributed by atoms with Gasteiger partial charge in [0.1, 0.15) is 0 Å². The molecule has 0 heterocycles. The fraction of sp³-hybridized carbons (Fsp3) is 0.714. The summed E-state index contributed by atoms with van der Waals surface area (Å²) < 4.78 is 0. The highest BCUT2D eigenvalue weighted by Crippen LogP contribution is 1.97. The smallest absolute Gasteiger partial charge is 0.0434 e. The first-order valence-electron chi connectivity index (χ1n) is 3.36. The summed E-state index contributed by atoms with van der Waals surface area (Å²) in [5, 5.41) is 8.40. The Morgan fingerprint density at radius 2 is 2.33 bits per heavy atom. The minimum Gasteiger partial charge on any atom is -0.402 e. The van der Waals surface area contributed by atoms with E-state index in [1.165, 1.54) is 0 Å². The van der Waals surface area contributed by atoms with Crippen molar-refractivity contribution < 1.29 is 5.11 Å². The highest BCUT2D eigenvalue weighted by Gasteiger charge is 1.86. The van der Waals surface area contributed by atoms with Gasteiger partial charge in [-0.15, -0.1) is 0 Å². The third-order valence-corrected chi connectivity index (χ3v) is 1.09. The van der Waals surface area contributed by atoms with E-state index >= 15 is 0 Å². The minimum atomic E-state index is 0.234. The van der Waals surface area contributed by atoms with Crippen LogP contribution in [0.2, 0.25) is 0 Å². The average Bonchev–Trinajstić information content (AvgIpc) is 1.85. The maximum absolute atomic E-state index is 8.40. The van der Waals surface area contributed by atoms with Crippen LogP contribution in [0.25, 0.3) is 0 Å². The van der Waals surface area contributed by atoms with Gasteiger partial charge in [0.15, 0.2) is 0 Å². The average molecular weight is 129 g/mol. The van der Waals surface area contributed by atoms with E-state index in [0.29, 0.717) is 0 Å². The Morgan fingerprint density at radius 3 is 2.78 bits per heavy atom. The molecule has 0 spiro atoms. The molecule has 0 aromatic carbocycles. The topological polar surface area (TPSA) is 46.2 Å². The molecule has 0 aliphatic heterocycles. The summed E-state index contributed by atoms with van der Waals surface area (Å²) in [5.74, 6) is 0. The van der Waals surface area contributed by atoms with E-state index in [-0.39, 0.29) is 6.61 Å². The molecule has 0 aliphatic rings. The maximum Gasteiger partial charge on any atom is 0.0434 e. The van der Waals surface area contributed by atoms with Gasteiger partial charge in [-0.2, -0.15) is 0 Å². The molecule has 0 amide bonds. The largest absolute Gasteiger partial charge is 0.402 e. The summed E-state index contributed by atoms with van der Waals surface area (Å²) in [6.45, 7) is 2.28. The Labute approximate surface area is 56.4 Å². The van der Waals surface area contributed by atoms with Crippen molar-refractivity contribution in [1.29, 1.82) is 0 Å². The molecule has 3 N–H and O–H groups in total. The molecular formula is C7H15NO. The van der Waals surface area contributed by atoms with Crippen LogP contribution in [0.4, 0.5) is 0 Å². The van der Waals surface area contributed by atoms with Gasteiger partial charge in [0.05, 0.1) is 0 Å². The normalized spacial score (nSPS) is 12.0. The van der Waals surface area contributed by atoms with Crippen LogP contribution in [0.1, 0.15) is 26.2 Å². The van der Waals surface area contributed by atoms with E-state index in [2.05, 4.69) is 0 Å². The Kier molecular flexibility index (Phi) is 5.32. The second-order valence-electron chi connectivity index (χ2n) is 2.01. The Hall–Kier alpha value is -0.500. The van der Waals surface area contributed by atoms with Gasteiger partial charge in [-0.25, -0.2) is 0 Å². The number of nitrogens with two attached hydrogens (primary N) is 1. The van der Waals surface area contributed by atoms with Gasteiger partial charge in [-0.05, 0) is 19.3 Å². The first kappa shape index (κ1) is 8.50. The van der Waals surface area contributed by atoms with E-state index in [4.69, 9.17) is 10.8 Å². The number of aliphatic hydroxyl groups is 1. The van der Waals surface area contributed by atoms with Crippen molar-refractivity contribution in [2.45, 2.75) is 26.2 Å². The highest BCUT2D eigenvalue weighted by atomic mass is 16.2. The van der Waals surface area contributed by atoms with Crippen molar-refractivity contribution in [1.82, 2.24) is 0 Å². The zero-order chi connectivity index (χ0) is 7.11. The molecule has 2 heteroatoms. The molecule has 0 bridgehead atoms. The molecule has 0 saturated carbocycles. The van der Waals surface area contributed by atoms with Crippen molar-refractivity contribution in [3.8, 4) is 0 Å². The number of hydrogen-bond donors (Lipinski definition) is 2. The molecule has 0 aromatic heterocycles. The summed E-state index contributed by atoms with van der Waals surface area (Å²) in [7, 11) is 0. The summed E-state index contributed by atoms with van der Waals surface area (Å²) >= 11 is 0. The van der Waals surface area contributed by atoms with Gasteiger partial charge < -0.3 is 10.8 Å². The quantitative estimate of drug-likeness (QED) is 0.595. The van der Waals surface area contributed by atoms with Crippen LogP contribution in [-0.4, -0.2) is 11.7 Å². The molecule has 0 aliphatic carbocycles. The Bertz CT molecular complexity index is 88.9. The molecule has 0 rings (SSSR count). The van der Waals surface area contributed by atoms with Gasteiger partial charge >= 0.3 is 0 Å². The van der Waals surface area contributed by atoms with Crippen LogP contribution in [-0.2, 0) is 0 Å². The number of aliphatic hydroxyl groups excluding tert-OH is 1. The summed E-state index contributed by atoms with van der Waals surface area (Å²) in [6, 6.07) is 0. The first-order valence-corrected chi connectivity index (χ1v) is 3.36. The fourth-order valence-electron chi connectivity index (χ4n) is 0.647. The molecule has 0 aromatic rings. The number of allylic oxidation sites excluding steroid dienone is 2. The lowest BCUT2D eigenvalue weighted by molar-refractivity contribution is 0.288. The van der Waals surface area contributed by atoms with E-state index in [0.717, 1.165) is 25.0 Å². The van der Waals surface area contributed by atoms with Gasteiger partial charge in [-0.3, -0.25) is 0 Å². The summed E-state index contributed by atoms with van der Waals surface area (Å²) in [5.41, 5.74) is 6.42. The van der Waals surface area contributed by atoms with Gasteiger partial charge in [0.25, 0.3) is 0 Å². The van der Waals surface area contributed by atoms with E-state index < -0.39 is 0 Å². The van der Waals surface area contributed by atoms with Crippen LogP contribution in [0, 0.1) is 0 Å². The van der Waals surface area contributed by atoms with Crippen molar-refractivity contribution in [3.05, 3.63) is 11.8 Å². The molecule has 0 atom stereocenters. The van der Waals surface area contributed by atoms with E-state index in [1.807, 2.05) is 13.0 Å². The van der Waals surface area contributed by atoms with Crippen molar-refractivity contribution in [3.63, 3.8) is 0 Å². The van der Waals surface area contributed by atoms with Crippen LogP contribution in [0.15, 0.2) is 11.8 Å². The third kappa shape index (κ3) is 5.37. The molecular weight excluding hydrogens is 114 g/mol. The lowest BCUT2D eigenvalue weighted by Gasteiger charge is -1.96. The first-order chi connectivity index (χ1) is 4.31. The zero-order valence-electron chi connectivity index (χ0n) is 5.93. The van der Waals surface area contributed by atoms with Crippen molar-refractivity contribution in [2.75, 3.05) is 6.61 Å². The molecule has 0 saturated heterocycles. The molecule has 0 unspecified atom stereocenters. The third-order valence-electron chi connectivity index (χ3n) is 1.09. The SMILES string of the molecule is CCC=C(N)CCCO. The van der Waals surface area contributed by atoms with Crippen LogP contribution < -0.4 is 5.73 Å². The molecule has 2 nitrogen and oxygen atoms in total. The van der Waals surface area contributed by atoms with E-state index in [1.54, 1.807) is 0 Å². The van der Waals surface area contributed by atoms with E-state index in [9.17, 15) is 0 Å². The zero-order valence-corrected chi connectivity index (χ0v) is 5.93. The fourth-order valence-corrected chi connectivity index (χ4v) is 0.647.